The Hall–Kier alpha value is -6.91. The minimum absolute atomic E-state index is 0.591. The topological polar surface area (TPSA) is 43.6 Å². The van der Waals surface area contributed by atoms with E-state index in [9.17, 15) is 0 Å². The van der Waals surface area contributed by atoms with Gasteiger partial charge in [0.25, 0.3) is 0 Å². The van der Waals surface area contributed by atoms with Crippen LogP contribution in [0.25, 0.3) is 68.2 Å². The third-order valence-electron chi connectivity index (χ3n) is 11.8. The zero-order valence-electron chi connectivity index (χ0n) is 30.9. The van der Waals surface area contributed by atoms with Gasteiger partial charge in [-0.3, -0.25) is 0 Å². The molecule has 0 saturated carbocycles. The smallest absolute Gasteiger partial charge is 0.164 e. The molecule has 0 amide bonds. The van der Waals surface area contributed by atoms with Crippen molar-refractivity contribution in [3.8, 4) is 39.6 Å². The predicted octanol–water partition coefficient (Wildman–Crippen LogP) is 10.6. The molecule has 3 aliphatic rings. The van der Waals surface area contributed by atoms with Crippen molar-refractivity contribution in [1.82, 2.24) is 19.5 Å². The van der Waals surface area contributed by atoms with E-state index in [1.807, 2.05) is 18.2 Å². The molecule has 266 valence electrons. The number of hydrogen-bond acceptors (Lipinski definition) is 3. The summed E-state index contributed by atoms with van der Waals surface area (Å²) in [5.41, 5.74) is 12.4. The molecule has 0 fully saturated rings. The Morgan fingerprint density at radius 2 is 1.14 bits per heavy atom. The van der Waals surface area contributed by atoms with Crippen LogP contribution in [0.3, 0.4) is 0 Å². The van der Waals surface area contributed by atoms with Crippen LogP contribution in [-0.2, 0) is 5.41 Å². The highest BCUT2D eigenvalue weighted by Gasteiger charge is 2.47. The summed E-state index contributed by atoms with van der Waals surface area (Å²) in [5.74, 6) is 2.10. The van der Waals surface area contributed by atoms with Crippen molar-refractivity contribution in [1.29, 1.82) is 0 Å². The molecule has 0 saturated heterocycles. The number of aromatic nitrogens is 4. The van der Waals surface area contributed by atoms with Crippen LogP contribution in [0.2, 0.25) is 0 Å². The minimum atomic E-state index is -0.591. The van der Waals surface area contributed by atoms with E-state index in [-0.39, 0.29) is 0 Å². The van der Waals surface area contributed by atoms with Crippen LogP contribution in [0.4, 0.5) is 0 Å². The SMILES string of the molecule is C1=CCCC(c2nc(-c3ccccc3)nc(-c3ccc4c(c3)C(c3ccccc3)(c3ccccc3)c3cc5c6c(n(-c7ccccc7)c5cc3-4)=CCCC=6)n2)=C1. The van der Waals surface area contributed by atoms with Crippen LogP contribution in [0, 0.1) is 0 Å². The fourth-order valence-electron chi connectivity index (χ4n) is 9.32. The minimum Gasteiger partial charge on any atom is -0.310 e. The monoisotopic (exact) mass is 718 g/mol. The number of rotatable bonds is 6. The van der Waals surface area contributed by atoms with Crippen molar-refractivity contribution in [2.45, 2.75) is 31.1 Å². The van der Waals surface area contributed by atoms with E-state index in [1.165, 1.54) is 60.5 Å². The zero-order chi connectivity index (χ0) is 37.1. The summed E-state index contributed by atoms with van der Waals surface area (Å²) < 4.78 is 2.46. The highest BCUT2D eigenvalue weighted by molar-refractivity contribution is 5.97. The Kier molecular flexibility index (Phi) is 7.63. The summed E-state index contributed by atoms with van der Waals surface area (Å²) in [7, 11) is 0. The number of para-hydroxylation sites is 1. The van der Waals surface area contributed by atoms with Crippen LogP contribution >= 0.6 is 0 Å². The fourth-order valence-corrected chi connectivity index (χ4v) is 9.32. The van der Waals surface area contributed by atoms with Gasteiger partial charge in [-0.2, -0.15) is 0 Å². The summed E-state index contributed by atoms with van der Waals surface area (Å²) >= 11 is 0. The maximum atomic E-state index is 5.22. The van der Waals surface area contributed by atoms with E-state index in [2.05, 4.69) is 168 Å². The molecule has 56 heavy (non-hydrogen) atoms. The average molecular weight is 719 g/mol. The van der Waals surface area contributed by atoms with Crippen molar-refractivity contribution in [2.24, 2.45) is 0 Å². The van der Waals surface area contributed by atoms with Gasteiger partial charge in [0.1, 0.15) is 0 Å². The molecule has 0 spiro atoms. The average Bonchev–Trinajstić information content (AvgIpc) is 3.76. The van der Waals surface area contributed by atoms with Crippen LogP contribution < -0.4 is 10.6 Å². The van der Waals surface area contributed by atoms with Gasteiger partial charge in [-0.25, -0.2) is 15.0 Å². The van der Waals surface area contributed by atoms with Crippen molar-refractivity contribution >= 4 is 28.6 Å². The van der Waals surface area contributed by atoms with Crippen LogP contribution in [-0.4, -0.2) is 19.5 Å². The van der Waals surface area contributed by atoms with Gasteiger partial charge in [0.05, 0.1) is 10.9 Å². The zero-order valence-corrected chi connectivity index (χ0v) is 30.9. The second-order valence-corrected chi connectivity index (χ2v) is 14.9. The van der Waals surface area contributed by atoms with Crippen molar-refractivity contribution in [2.75, 3.05) is 0 Å². The lowest BCUT2D eigenvalue weighted by Crippen LogP contribution is -2.30. The lowest BCUT2D eigenvalue weighted by Gasteiger charge is -2.34. The van der Waals surface area contributed by atoms with Gasteiger partial charge in [0.15, 0.2) is 17.5 Å². The summed E-state index contributed by atoms with van der Waals surface area (Å²) in [5, 5.41) is 3.89. The summed E-state index contributed by atoms with van der Waals surface area (Å²) in [6, 6.07) is 55.1. The van der Waals surface area contributed by atoms with Crippen molar-refractivity contribution < 1.29 is 0 Å². The Balaban J connectivity index is 1.22. The largest absolute Gasteiger partial charge is 0.310 e. The molecule has 0 radical (unpaired) electrons. The van der Waals surface area contributed by atoms with Crippen LogP contribution in [0.5, 0.6) is 0 Å². The highest BCUT2D eigenvalue weighted by atomic mass is 15.0. The molecule has 0 atom stereocenters. The van der Waals surface area contributed by atoms with E-state index in [0.717, 1.165) is 48.2 Å². The van der Waals surface area contributed by atoms with E-state index >= 15 is 0 Å². The summed E-state index contributed by atoms with van der Waals surface area (Å²) in [6.07, 6.45) is 15.3. The quantitative estimate of drug-likeness (QED) is 0.172. The molecule has 4 nitrogen and oxygen atoms in total. The van der Waals surface area contributed by atoms with Crippen molar-refractivity contribution in [3.63, 3.8) is 0 Å². The number of benzene rings is 6. The van der Waals surface area contributed by atoms with Gasteiger partial charge in [-0.15, -0.1) is 0 Å². The van der Waals surface area contributed by atoms with Gasteiger partial charge >= 0.3 is 0 Å². The third kappa shape index (κ3) is 5.03. The van der Waals surface area contributed by atoms with E-state index in [1.54, 1.807) is 0 Å². The Labute approximate surface area is 326 Å². The van der Waals surface area contributed by atoms with Gasteiger partial charge in [0, 0.05) is 32.8 Å². The number of nitrogens with zero attached hydrogens (tertiary/aromatic N) is 4. The normalized spacial score (nSPS) is 15.0. The molecule has 0 unspecified atom stereocenters. The van der Waals surface area contributed by atoms with Crippen LogP contribution in [0.15, 0.2) is 170 Å². The fraction of sp³-hybridized carbons (Fsp3) is 0.0962. The van der Waals surface area contributed by atoms with E-state index in [4.69, 9.17) is 15.0 Å². The maximum Gasteiger partial charge on any atom is 0.164 e. The summed E-state index contributed by atoms with van der Waals surface area (Å²) in [4.78, 5) is 15.4. The molecule has 0 N–H and O–H groups in total. The molecule has 11 rings (SSSR count). The van der Waals surface area contributed by atoms with Gasteiger partial charge < -0.3 is 4.57 Å². The first-order valence-electron chi connectivity index (χ1n) is 19.7. The Morgan fingerprint density at radius 1 is 0.518 bits per heavy atom. The first-order chi connectivity index (χ1) is 27.8. The van der Waals surface area contributed by atoms with E-state index in [0.29, 0.717) is 11.6 Å². The van der Waals surface area contributed by atoms with E-state index < -0.39 is 5.41 Å². The van der Waals surface area contributed by atoms with Gasteiger partial charge in [0.2, 0.25) is 0 Å². The molecule has 6 aromatic carbocycles. The molecular formula is C52H38N4. The predicted molar refractivity (Wildman–Crippen MR) is 229 cm³/mol. The second kappa shape index (κ2) is 13.1. The molecule has 4 heteroatoms. The molecular weight excluding hydrogens is 681 g/mol. The third-order valence-corrected chi connectivity index (χ3v) is 11.8. The van der Waals surface area contributed by atoms with Crippen LogP contribution in [0.1, 0.15) is 53.8 Å². The lowest BCUT2D eigenvalue weighted by molar-refractivity contribution is 0.769. The first kappa shape index (κ1) is 32.5. The molecule has 2 aromatic heterocycles. The molecule has 3 aliphatic carbocycles. The Morgan fingerprint density at radius 3 is 1.84 bits per heavy atom. The lowest BCUT2D eigenvalue weighted by atomic mass is 9.67. The number of hydrogen-bond donors (Lipinski definition) is 0. The maximum absolute atomic E-state index is 5.22. The van der Waals surface area contributed by atoms with Gasteiger partial charge in [-0.05, 0) is 95.0 Å². The first-order valence-corrected chi connectivity index (χ1v) is 19.7. The number of allylic oxidation sites excluding steroid dienone is 4. The molecule has 2 heterocycles. The molecule has 0 bridgehead atoms. The molecule has 8 aromatic rings. The van der Waals surface area contributed by atoms with Gasteiger partial charge in [-0.1, -0.05) is 152 Å². The second-order valence-electron chi connectivity index (χ2n) is 14.9. The molecule has 0 aliphatic heterocycles. The summed E-state index contributed by atoms with van der Waals surface area (Å²) in [6.45, 7) is 0. The van der Waals surface area contributed by atoms with Crippen molar-refractivity contribution in [3.05, 3.63) is 209 Å². The number of fused-ring (bicyclic) bond motifs is 6. The highest BCUT2D eigenvalue weighted by Crippen LogP contribution is 2.57. The standard InChI is InChI=1S/C52H38N4/c1-6-18-35(19-7-1)49-53-50(36-20-8-2-9-21-36)55-51(54-49)37-30-31-41-43-34-48-44(42-28-16-17-29-47(42)56(48)40-26-14-5-15-27-40)33-46(43)52(45(41)32-37,38-22-10-3-11-23-38)39-24-12-4-13-25-39/h1-8,10-15,18-20,22-34H,9,16-17,21H2. The Bertz CT molecular complexity index is 2960.